The monoisotopic (exact) mass is 449 g/mol. The molecule has 1 aliphatic carbocycles. The van der Waals surface area contributed by atoms with Crippen molar-refractivity contribution in [3.8, 4) is 0 Å². The third-order valence-corrected chi connectivity index (χ3v) is 6.60. The van der Waals surface area contributed by atoms with Crippen LogP contribution < -0.4 is 11.2 Å². The van der Waals surface area contributed by atoms with E-state index in [2.05, 4.69) is 44.7 Å². The molecule has 2 aromatic rings. The van der Waals surface area contributed by atoms with E-state index in [9.17, 15) is 4.79 Å². The second-order valence-corrected chi connectivity index (χ2v) is 8.72. The number of likely N-dealkylation sites (tertiary alicyclic amines) is 1. The molecule has 2 heterocycles. The lowest BCUT2D eigenvalue weighted by Gasteiger charge is -2.34. The minimum Gasteiger partial charge on any atom is -0.372 e. The van der Waals surface area contributed by atoms with Gasteiger partial charge in [-0.25, -0.2) is 9.97 Å². The molecule has 1 aliphatic heterocycles. The molecule has 4 N–H and O–H groups in total. The highest BCUT2D eigenvalue weighted by atomic mass is 16.5. The summed E-state index contributed by atoms with van der Waals surface area (Å²) in [6, 6.07) is 8.74. The molecule has 1 aromatic heterocycles. The Morgan fingerprint density at radius 3 is 2.48 bits per heavy atom. The van der Waals surface area contributed by atoms with Crippen LogP contribution in [0.1, 0.15) is 41.3 Å². The molecular formula is C24H31N7O2. The van der Waals surface area contributed by atoms with Crippen molar-refractivity contribution >= 4 is 23.8 Å². The van der Waals surface area contributed by atoms with Gasteiger partial charge in [-0.2, -0.15) is 5.10 Å². The average Bonchev–Trinajstić information content (AvgIpc) is 3.27. The van der Waals surface area contributed by atoms with Crippen molar-refractivity contribution < 1.29 is 9.53 Å². The maximum absolute atomic E-state index is 12.9. The van der Waals surface area contributed by atoms with E-state index < -0.39 is 0 Å². The number of hydrazone groups is 1. The van der Waals surface area contributed by atoms with E-state index in [1.165, 1.54) is 11.1 Å². The lowest BCUT2D eigenvalue weighted by Crippen LogP contribution is -2.41. The molecule has 33 heavy (non-hydrogen) atoms. The van der Waals surface area contributed by atoms with Crippen molar-refractivity contribution in [1.29, 1.82) is 5.41 Å². The maximum Gasteiger partial charge on any atom is 0.256 e. The minimum absolute atomic E-state index is 0.00867. The summed E-state index contributed by atoms with van der Waals surface area (Å²) in [5.41, 5.74) is 3.65. The molecule has 0 radical (unpaired) electrons. The van der Waals surface area contributed by atoms with E-state index in [4.69, 9.17) is 16.0 Å². The molecule has 2 aliphatic rings. The van der Waals surface area contributed by atoms with Crippen LogP contribution in [0.4, 0.5) is 5.95 Å². The van der Waals surface area contributed by atoms with Crippen LogP contribution in [0.2, 0.25) is 0 Å². The lowest BCUT2D eigenvalue weighted by atomic mass is 9.91. The second-order valence-electron chi connectivity index (χ2n) is 8.72. The number of aromatic nitrogens is 2. The third kappa shape index (κ3) is 5.54. The summed E-state index contributed by atoms with van der Waals surface area (Å²) < 4.78 is 5.80. The van der Waals surface area contributed by atoms with Gasteiger partial charge < -0.3 is 26.2 Å². The zero-order valence-electron chi connectivity index (χ0n) is 18.9. The Morgan fingerprint density at radius 2 is 1.91 bits per heavy atom. The normalized spacial score (nSPS) is 18.1. The standard InChI is InChI=1S/C24H31N7O2/c1-16(33-15-22(12-25)30-26)17-6-8-31(9-7-17)23(32)20-13-27-24(28-14-20)29-21-10-18-4-2-3-5-19(18)11-21/h2-5,12-14,16-17,21,25H,6-11,15,26H2,1H3,(H,27,28,29)/b25-12?,30-22+. The first-order valence-electron chi connectivity index (χ1n) is 11.4. The van der Waals surface area contributed by atoms with Gasteiger partial charge in [-0.1, -0.05) is 24.3 Å². The Labute approximate surface area is 194 Å². The van der Waals surface area contributed by atoms with E-state index in [-0.39, 0.29) is 24.7 Å². The highest BCUT2D eigenvalue weighted by Crippen LogP contribution is 2.25. The van der Waals surface area contributed by atoms with E-state index >= 15 is 0 Å². The number of nitrogens with one attached hydrogen (secondary N) is 2. The molecule has 4 rings (SSSR count). The Kier molecular flexibility index (Phi) is 7.29. The number of amides is 1. The Balaban J connectivity index is 1.25. The molecule has 9 nitrogen and oxygen atoms in total. The predicted octanol–water partition coefficient (Wildman–Crippen LogP) is 2.28. The number of fused-ring (bicyclic) bond motifs is 1. The lowest BCUT2D eigenvalue weighted by molar-refractivity contribution is 0.0201. The van der Waals surface area contributed by atoms with Gasteiger partial charge in [0.05, 0.1) is 18.3 Å². The first-order chi connectivity index (χ1) is 16.1. The Morgan fingerprint density at radius 1 is 1.27 bits per heavy atom. The van der Waals surface area contributed by atoms with Gasteiger partial charge in [0.15, 0.2) is 0 Å². The molecule has 0 spiro atoms. The molecule has 1 unspecified atom stereocenters. The number of anilines is 1. The van der Waals surface area contributed by atoms with E-state index in [0.29, 0.717) is 36.2 Å². The third-order valence-electron chi connectivity index (χ3n) is 6.60. The molecule has 0 saturated carbocycles. The maximum atomic E-state index is 12.9. The fourth-order valence-electron chi connectivity index (χ4n) is 4.58. The van der Waals surface area contributed by atoms with Gasteiger partial charge >= 0.3 is 0 Å². The van der Waals surface area contributed by atoms with Crippen molar-refractivity contribution in [3.63, 3.8) is 0 Å². The summed E-state index contributed by atoms with van der Waals surface area (Å²) in [5.74, 6) is 6.08. The number of hydrogen-bond acceptors (Lipinski definition) is 8. The zero-order valence-corrected chi connectivity index (χ0v) is 18.9. The van der Waals surface area contributed by atoms with E-state index in [1.54, 1.807) is 12.4 Å². The van der Waals surface area contributed by atoms with E-state index in [1.807, 2.05) is 11.8 Å². The SMILES string of the molecule is CC(OC/C(C=N)=N/N)C1CCN(C(=O)c2cnc(NC3Cc4ccccc4C3)nc2)CC1. The van der Waals surface area contributed by atoms with Crippen LogP contribution in [-0.4, -0.2) is 64.5 Å². The largest absolute Gasteiger partial charge is 0.372 e. The summed E-state index contributed by atoms with van der Waals surface area (Å²) >= 11 is 0. The van der Waals surface area contributed by atoms with Crippen LogP contribution in [0.15, 0.2) is 41.8 Å². The highest BCUT2D eigenvalue weighted by Gasteiger charge is 2.28. The minimum atomic E-state index is -0.0387. The number of benzene rings is 1. The van der Waals surface area contributed by atoms with Gasteiger partial charge in [-0.15, -0.1) is 0 Å². The predicted molar refractivity (Wildman–Crippen MR) is 128 cm³/mol. The zero-order chi connectivity index (χ0) is 23.2. The fourth-order valence-corrected chi connectivity index (χ4v) is 4.58. The van der Waals surface area contributed by atoms with Gasteiger partial charge in [0.2, 0.25) is 5.95 Å². The number of piperidine rings is 1. The Bertz CT molecular complexity index is 975. The number of nitrogens with zero attached hydrogens (tertiary/aromatic N) is 4. The molecule has 0 bridgehead atoms. The van der Waals surface area contributed by atoms with Crippen molar-refractivity contribution in [2.24, 2.45) is 16.9 Å². The van der Waals surface area contributed by atoms with Crippen LogP contribution in [0.3, 0.4) is 0 Å². The summed E-state index contributed by atoms with van der Waals surface area (Å²) in [5, 5.41) is 14.1. The molecule has 174 valence electrons. The number of carbonyl (C=O) groups excluding carboxylic acids is 1. The van der Waals surface area contributed by atoms with Crippen molar-refractivity contribution in [1.82, 2.24) is 14.9 Å². The van der Waals surface area contributed by atoms with Crippen molar-refractivity contribution in [2.45, 2.75) is 44.8 Å². The molecule has 1 atom stereocenters. The molecule has 9 heteroatoms. The summed E-state index contributed by atoms with van der Waals surface area (Å²) in [6.45, 7) is 3.58. The molecule has 1 fully saturated rings. The summed E-state index contributed by atoms with van der Waals surface area (Å²) in [7, 11) is 0. The fraction of sp³-hybridized carbons (Fsp3) is 0.458. The smallest absolute Gasteiger partial charge is 0.256 e. The molecule has 1 saturated heterocycles. The quantitative estimate of drug-likeness (QED) is 0.322. The number of carbonyl (C=O) groups is 1. The summed E-state index contributed by atoms with van der Waals surface area (Å²) in [4.78, 5) is 23.6. The highest BCUT2D eigenvalue weighted by molar-refractivity contribution is 6.30. The average molecular weight is 450 g/mol. The van der Waals surface area contributed by atoms with E-state index in [0.717, 1.165) is 31.9 Å². The first kappa shape index (κ1) is 22.8. The van der Waals surface area contributed by atoms with Crippen LogP contribution in [0.5, 0.6) is 0 Å². The first-order valence-corrected chi connectivity index (χ1v) is 11.4. The van der Waals surface area contributed by atoms with Crippen molar-refractivity contribution in [2.75, 3.05) is 25.0 Å². The Hall–Kier alpha value is -3.33. The van der Waals surface area contributed by atoms with Gasteiger partial charge in [-0.05, 0) is 49.7 Å². The van der Waals surface area contributed by atoms with Gasteiger partial charge in [0.1, 0.15) is 5.71 Å². The summed E-state index contributed by atoms with van der Waals surface area (Å²) in [6.07, 6.45) is 7.96. The number of rotatable bonds is 8. The van der Waals surface area contributed by atoms with Gasteiger partial charge in [0.25, 0.3) is 5.91 Å². The van der Waals surface area contributed by atoms with Gasteiger partial charge in [0, 0.05) is 37.7 Å². The van der Waals surface area contributed by atoms with Crippen LogP contribution in [-0.2, 0) is 17.6 Å². The van der Waals surface area contributed by atoms with Crippen LogP contribution >= 0.6 is 0 Å². The number of hydrogen-bond donors (Lipinski definition) is 3. The second kappa shape index (κ2) is 10.5. The molecule has 1 amide bonds. The molecule has 1 aromatic carbocycles. The number of ether oxygens (including phenoxy) is 1. The van der Waals surface area contributed by atoms with Crippen molar-refractivity contribution in [3.05, 3.63) is 53.3 Å². The molecular weight excluding hydrogens is 418 g/mol. The van der Waals surface area contributed by atoms with Gasteiger partial charge in [-0.3, -0.25) is 4.79 Å². The number of nitrogens with two attached hydrogens (primary N) is 1. The van der Waals surface area contributed by atoms with Crippen LogP contribution in [0, 0.1) is 11.3 Å². The van der Waals surface area contributed by atoms with Crippen LogP contribution in [0.25, 0.3) is 0 Å². The topological polar surface area (TPSA) is 130 Å².